The quantitative estimate of drug-likeness (QED) is 0.0537. The van der Waals surface area contributed by atoms with E-state index in [0.29, 0.717) is 44.0 Å². The number of benzene rings is 8. The monoisotopic (exact) mass is 1180 g/mol. The molecule has 0 aliphatic rings. The Bertz CT molecular complexity index is 3480. The number of hydrogen-bond acceptors (Lipinski definition) is 10. The SMILES string of the molecule is Cc1cc(C)c(C(=O)P(OCC(COP(C(=O)c2c(C)cc(C)cc2C)c2ccccc2)(COP(=O)(C(=O)c2c(C)cc(C)cc2C)c2ccccc2)COP(=O)(C(=O)c2c(C)cc(C)cc2C)c2ccccc2)c2ccccc2)c(C)c1. The summed E-state index contributed by atoms with van der Waals surface area (Å²) < 4.78 is 60.9. The van der Waals surface area contributed by atoms with E-state index in [-0.39, 0.29) is 32.8 Å². The first-order chi connectivity index (χ1) is 39.5. The van der Waals surface area contributed by atoms with Crippen LogP contribution in [0, 0.1) is 88.5 Å². The van der Waals surface area contributed by atoms with Crippen molar-refractivity contribution in [2.75, 3.05) is 26.4 Å². The largest absolute Gasteiger partial charge is 0.346 e. The molecule has 0 N–H and O–H groups in total. The zero-order chi connectivity index (χ0) is 60.0. The van der Waals surface area contributed by atoms with Gasteiger partial charge in [-0.15, -0.1) is 0 Å². The Kier molecular flexibility index (Phi) is 20.1. The van der Waals surface area contributed by atoms with Gasteiger partial charge in [-0.3, -0.25) is 28.3 Å². The summed E-state index contributed by atoms with van der Waals surface area (Å²) in [5, 5.41) is 1.36. The van der Waals surface area contributed by atoms with Gasteiger partial charge >= 0.3 is 14.7 Å². The van der Waals surface area contributed by atoms with Gasteiger partial charge in [0.2, 0.25) is 11.0 Å². The lowest BCUT2D eigenvalue weighted by Crippen LogP contribution is -2.42. The maximum Gasteiger partial charge on any atom is 0.300 e. The summed E-state index contributed by atoms with van der Waals surface area (Å²) in [6, 6.07) is 49.9. The minimum Gasteiger partial charge on any atom is -0.346 e. The molecule has 8 aromatic carbocycles. The third kappa shape index (κ3) is 13.9. The first kappa shape index (κ1) is 62.6. The van der Waals surface area contributed by atoms with E-state index in [9.17, 15) is 0 Å². The molecule has 428 valence electrons. The second kappa shape index (κ2) is 26.7. The van der Waals surface area contributed by atoms with Gasteiger partial charge in [0.15, 0.2) is 0 Å². The Morgan fingerprint density at radius 1 is 0.349 bits per heavy atom. The fourth-order valence-electron chi connectivity index (χ4n) is 11.1. The van der Waals surface area contributed by atoms with E-state index >= 15 is 28.3 Å². The number of rotatable bonds is 24. The van der Waals surface area contributed by atoms with Crippen LogP contribution in [0.3, 0.4) is 0 Å². The van der Waals surface area contributed by atoms with Crippen LogP contribution in [0.1, 0.15) is 108 Å². The lowest BCUT2D eigenvalue weighted by molar-refractivity contribution is 0.00587. The average molecular weight is 1190 g/mol. The molecule has 4 unspecified atom stereocenters. The van der Waals surface area contributed by atoms with Crippen LogP contribution >= 0.6 is 31.0 Å². The van der Waals surface area contributed by atoms with E-state index in [2.05, 4.69) is 0 Å². The molecule has 0 aliphatic heterocycles. The van der Waals surface area contributed by atoms with Gasteiger partial charge in [-0.2, -0.15) is 0 Å². The molecule has 0 aromatic heterocycles. The zero-order valence-electron chi connectivity index (χ0n) is 49.4. The highest BCUT2D eigenvalue weighted by Crippen LogP contribution is 2.56. The summed E-state index contributed by atoms with van der Waals surface area (Å²) in [5.74, 6) is 0. The van der Waals surface area contributed by atoms with Crippen LogP contribution in [0.25, 0.3) is 0 Å². The molecule has 8 rings (SSSR count). The summed E-state index contributed by atoms with van der Waals surface area (Å²) in [7, 11) is -13.9. The number of carbonyl (C=O) groups excluding carboxylic acids is 4. The second-order valence-corrected chi connectivity index (χ2v) is 30.0. The Morgan fingerprint density at radius 2 is 0.590 bits per heavy atom. The summed E-state index contributed by atoms with van der Waals surface area (Å²) in [4.78, 5) is 61.9. The predicted octanol–water partition coefficient (Wildman–Crippen LogP) is 15.8. The minimum absolute atomic E-state index is 0.107. The number of carbonyl (C=O) groups is 4. The highest BCUT2D eigenvalue weighted by atomic mass is 31.2. The molecule has 83 heavy (non-hydrogen) atoms. The van der Waals surface area contributed by atoms with Crippen LogP contribution in [0.2, 0.25) is 0 Å². The molecule has 0 fully saturated rings. The van der Waals surface area contributed by atoms with Crippen molar-refractivity contribution >= 4 is 74.4 Å². The van der Waals surface area contributed by atoms with E-state index in [0.717, 1.165) is 44.5 Å². The van der Waals surface area contributed by atoms with Crippen LogP contribution in [-0.2, 0) is 27.2 Å². The third-order valence-electron chi connectivity index (χ3n) is 14.7. The normalized spacial score (nSPS) is 14.4. The first-order valence-corrected chi connectivity index (χ1v) is 33.3. The first-order valence-electron chi connectivity index (χ1n) is 27.5. The Morgan fingerprint density at radius 3 is 0.855 bits per heavy atom. The van der Waals surface area contributed by atoms with Crippen molar-refractivity contribution in [1.29, 1.82) is 0 Å². The van der Waals surface area contributed by atoms with Crippen LogP contribution in [-0.4, -0.2) is 48.5 Å². The topological polar surface area (TPSA) is 139 Å². The van der Waals surface area contributed by atoms with E-state index in [4.69, 9.17) is 18.1 Å². The van der Waals surface area contributed by atoms with Crippen molar-refractivity contribution in [3.05, 3.63) is 259 Å². The molecule has 0 saturated heterocycles. The van der Waals surface area contributed by atoms with Crippen molar-refractivity contribution in [2.45, 2.75) is 83.1 Å². The Balaban J connectivity index is 1.37. The molecular weight excluding hydrogens is 1110 g/mol. The van der Waals surface area contributed by atoms with E-state index in [1.165, 1.54) is 0 Å². The van der Waals surface area contributed by atoms with Gasteiger partial charge < -0.3 is 18.1 Å². The van der Waals surface area contributed by atoms with Gasteiger partial charge in [0.25, 0.3) is 11.0 Å². The van der Waals surface area contributed by atoms with E-state index < -0.39 is 73.9 Å². The second-order valence-electron chi connectivity index (χ2n) is 21.9. The van der Waals surface area contributed by atoms with Gasteiger partial charge in [-0.05, 0) is 152 Å². The Labute approximate surface area is 492 Å². The highest BCUT2D eigenvalue weighted by Gasteiger charge is 2.47. The lowest BCUT2D eigenvalue weighted by atomic mass is 9.93. The molecule has 0 heterocycles. The standard InChI is InChI=1S/C69H72O10P4/c1-45-33-49(5)61(50(6)34-45)65(70)80(57-25-17-13-18-26-57)76-41-69(42-77-81(58-27-19-14-20-28-58)66(71)62-51(7)35-46(2)36-52(62)8,43-78-82(74,59-29-21-15-22-30-59)67(72)63-53(9)37-47(3)38-54(63)10)44-79-83(75,60-31-23-16-24-32-60)68(73)64-55(11)39-48(4)40-56(64)12/h13-40H,41-44H2,1-12H3. The fourth-order valence-corrected chi connectivity index (χ4v) is 19.2. The molecule has 0 radical (unpaired) electrons. The maximum atomic E-state index is 16.4. The van der Waals surface area contributed by atoms with E-state index in [1.54, 1.807) is 88.4 Å². The van der Waals surface area contributed by atoms with Gasteiger partial charge in [0.05, 0.1) is 31.8 Å². The van der Waals surface area contributed by atoms with Crippen molar-refractivity contribution in [1.82, 2.24) is 0 Å². The Hall–Kier alpha value is -6.40. The van der Waals surface area contributed by atoms with Crippen molar-refractivity contribution in [3.63, 3.8) is 0 Å². The van der Waals surface area contributed by atoms with Crippen LogP contribution < -0.4 is 21.2 Å². The summed E-state index contributed by atoms with van der Waals surface area (Å²) >= 11 is 0. The summed E-state index contributed by atoms with van der Waals surface area (Å²) in [6.45, 7) is 20.2. The van der Waals surface area contributed by atoms with Crippen LogP contribution in [0.5, 0.6) is 0 Å². The molecule has 10 nitrogen and oxygen atoms in total. The molecule has 0 amide bonds. The summed E-state index contributed by atoms with van der Waals surface area (Å²) in [5.41, 5.74) is 6.64. The molecule has 0 spiro atoms. The third-order valence-corrected chi connectivity index (χ3v) is 22.7. The van der Waals surface area contributed by atoms with Gasteiger partial charge in [-0.25, -0.2) is 0 Å². The van der Waals surface area contributed by atoms with Gasteiger partial charge in [-0.1, -0.05) is 168 Å². The molecule has 8 aromatic rings. The highest BCUT2D eigenvalue weighted by molar-refractivity contribution is 7.84. The van der Waals surface area contributed by atoms with Crippen molar-refractivity contribution in [2.24, 2.45) is 5.41 Å². The number of hydrogen-bond donors (Lipinski definition) is 0. The number of aryl methyl sites for hydroxylation is 12. The molecule has 14 heteroatoms. The molecule has 0 aliphatic carbocycles. The maximum absolute atomic E-state index is 16.4. The molecule has 4 atom stereocenters. The molecule has 0 bridgehead atoms. The van der Waals surface area contributed by atoms with E-state index in [1.807, 2.05) is 165 Å². The summed E-state index contributed by atoms with van der Waals surface area (Å²) in [6.07, 6.45) is 0. The van der Waals surface area contributed by atoms with Gasteiger partial charge in [0.1, 0.15) is 16.3 Å². The van der Waals surface area contributed by atoms with Gasteiger partial charge in [0, 0.05) is 43.5 Å². The van der Waals surface area contributed by atoms with Crippen molar-refractivity contribution < 1.29 is 46.4 Å². The van der Waals surface area contributed by atoms with Crippen LogP contribution in [0.4, 0.5) is 0 Å². The predicted molar refractivity (Wildman–Crippen MR) is 340 cm³/mol. The van der Waals surface area contributed by atoms with Crippen LogP contribution in [0.15, 0.2) is 170 Å². The van der Waals surface area contributed by atoms with Crippen molar-refractivity contribution in [3.8, 4) is 0 Å². The smallest absolute Gasteiger partial charge is 0.300 e. The zero-order valence-corrected chi connectivity index (χ0v) is 52.9. The molecular formula is C69H72O10P4. The fraction of sp³-hybridized carbons (Fsp3) is 0.246. The molecule has 0 saturated carbocycles. The average Bonchev–Trinajstić information content (AvgIpc) is 2.93. The lowest BCUT2D eigenvalue weighted by Gasteiger charge is -2.37. The minimum atomic E-state index is -4.70.